The lowest BCUT2D eigenvalue weighted by molar-refractivity contribution is 0.898. The summed E-state index contributed by atoms with van der Waals surface area (Å²) in [5.41, 5.74) is 6.04. The van der Waals surface area contributed by atoms with Crippen molar-refractivity contribution in [3.63, 3.8) is 0 Å². The van der Waals surface area contributed by atoms with Gasteiger partial charge in [0, 0.05) is 11.1 Å². The van der Waals surface area contributed by atoms with E-state index in [-0.39, 0.29) is 0 Å². The second kappa shape index (κ2) is 5.44. The highest BCUT2D eigenvalue weighted by atomic mass is 32.1. The van der Waals surface area contributed by atoms with Crippen LogP contribution in [0.15, 0.2) is 24.5 Å². The molecule has 2 rings (SSSR count). The highest BCUT2D eigenvalue weighted by molar-refractivity contribution is 7.71. The molecule has 0 fully saturated rings. The minimum atomic E-state index is 0.713. The monoisotopic (exact) mass is 258 g/mol. The van der Waals surface area contributed by atoms with Crippen LogP contribution in [0, 0.1) is 18.5 Å². The Labute approximate surface area is 113 Å². The van der Waals surface area contributed by atoms with Crippen molar-refractivity contribution in [3.8, 4) is 11.3 Å². The summed E-state index contributed by atoms with van der Waals surface area (Å²) in [5.74, 6) is 0. The van der Waals surface area contributed by atoms with Crippen LogP contribution in [0.4, 0.5) is 0 Å². The number of hydrogen-bond donors (Lipinski definition) is 1. The molecule has 0 saturated heterocycles. The van der Waals surface area contributed by atoms with Crippen molar-refractivity contribution >= 4 is 12.2 Å². The fourth-order valence-electron chi connectivity index (χ4n) is 2.24. The van der Waals surface area contributed by atoms with Crippen LogP contribution in [-0.2, 0) is 6.42 Å². The van der Waals surface area contributed by atoms with Gasteiger partial charge in [0.1, 0.15) is 4.64 Å². The number of hydrogen-bond acceptors (Lipinski definition) is 2. The van der Waals surface area contributed by atoms with Crippen LogP contribution < -0.4 is 0 Å². The van der Waals surface area contributed by atoms with Crippen molar-refractivity contribution < 1.29 is 0 Å². The maximum atomic E-state index is 5.34. The Morgan fingerprint density at radius 2 is 2.06 bits per heavy atom. The quantitative estimate of drug-likeness (QED) is 0.828. The van der Waals surface area contributed by atoms with Crippen LogP contribution in [0.3, 0.4) is 0 Å². The van der Waals surface area contributed by atoms with E-state index in [2.05, 4.69) is 48.9 Å². The first kappa shape index (κ1) is 13.0. The van der Waals surface area contributed by atoms with E-state index in [4.69, 9.17) is 12.2 Å². The highest BCUT2D eigenvalue weighted by Gasteiger charge is 2.09. The van der Waals surface area contributed by atoms with Gasteiger partial charge >= 0.3 is 0 Å². The number of aryl methyl sites for hydroxylation is 2. The van der Waals surface area contributed by atoms with Crippen molar-refractivity contribution in [2.45, 2.75) is 33.6 Å². The summed E-state index contributed by atoms with van der Waals surface area (Å²) >= 11 is 5.34. The molecule has 0 aliphatic carbocycles. The van der Waals surface area contributed by atoms with Gasteiger partial charge in [-0.3, -0.25) is 0 Å². The minimum absolute atomic E-state index is 0.713. The van der Waals surface area contributed by atoms with E-state index in [0.717, 1.165) is 24.1 Å². The average molecular weight is 258 g/mol. The van der Waals surface area contributed by atoms with Crippen molar-refractivity contribution in [1.82, 2.24) is 9.97 Å². The summed E-state index contributed by atoms with van der Waals surface area (Å²) in [7, 11) is 0. The summed E-state index contributed by atoms with van der Waals surface area (Å²) in [4.78, 5) is 7.45. The molecule has 0 atom stereocenters. The van der Waals surface area contributed by atoms with Crippen LogP contribution in [0.5, 0.6) is 0 Å². The summed E-state index contributed by atoms with van der Waals surface area (Å²) in [5, 5.41) is 0. The average Bonchev–Trinajstić information content (AvgIpc) is 2.32. The van der Waals surface area contributed by atoms with Gasteiger partial charge in [-0.05, 0) is 25.8 Å². The molecule has 18 heavy (non-hydrogen) atoms. The summed E-state index contributed by atoms with van der Waals surface area (Å²) < 4.78 is 0.713. The van der Waals surface area contributed by atoms with E-state index in [1.807, 2.05) is 0 Å². The smallest absolute Gasteiger partial charge is 0.133 e. The second-order valence-electron chi connectivity index (χ2n) is 4.63. The topological polar surface area (TPSA) is 28.7 Å². The van der Waals surface area contributed by atoms with E-state index in [0.29, 0.717) is 4.64 Å². The van der Waals surface area contributed by atoms with Crippen LogP contribution >= 0.6 is 12.2 Å². The van der Waals surface area contributed by atoms with E-state index < -0.39 is 0 Å². The lowest BCUT2D eigenvalue weighted by atomic mass is 9.98. The zero-order valence-electron chi connectivity index (χ0n) is 11.1. The molecular weight excluding hydrogens is 240 g/mol. The molecular formula is C15H18N2S. The molecule has 1 heterocycles. The third-order valence-electron chi connectivity index (χ3n) is 3.10. The van der Waals surface area contributed by atoms with Gasteiger partial charge in [-0.1, -0.05) is 49.3 Å². The molecule has 1 N–H and O–H groups in total. The van der Waals surface area contributed by atoms with Gasteiger partial charge in [0.05, 0.1) is 12.0 Å². The molecule has 1 aromatic heterocycles. The first-order chi connectivity index (χ1) is 8.63. The minimum Gasteiger partial charge on any atom is -0.346 e. The summed E-state index contributed by atoms with van der Waals surface area (Å²) in [6.45, 7) is 6.40. The number of aromatic amines is 1. The maximum Gasteiger partial charge on any atom is 0.133 e. The Hall–Kier alpha value is -1.48. The number of benzene rings is 1. The Kier molecular flexibility index (Phi) is 3.92. The maximum absolute atomic E-state index is 5.34. The van der Waals surface area contributed by atoms with Crippen LogP contribution in [0.2, 0.25) is 0 Å². The Morgan fingerprint density at radius 3 is 2.72 bits per heavy atom. The molecule has 94 valence electrons. The van der Waals surface area contributed by atoms with Crippen LogP contribution in [0.1, 0.15) is 30.0 Å². The van der Waals surface area contributed by atoms with Gasteiger partial charge in [0.2, 0.25) is 0 Å². The van der Waals surface area contributed by atoms with Crippen molar-refractivity contribution in [2.75, 3.05) is 0 Å². The highest BCUT2D eigenvalue weighted by Crippen LogP contribution is 2.26. The second-order valence-corrected chi connectivity index (χ2v) is 5.02. The summed E-state index contributed by atoms with van der Waals surface area (Å²) in [6, 6.07) is 6.49. The summed E-state index contributed by atoms with van der Waals surface area (Å²) in [6.07, 6.45) is 3.73. The van der Waals surface area contributed by atoms with Crippen molar-refractivity contribution in [3.05, 3.63) is 45.9 Å². The standard InChI is InChI=1S/C15H18N2S/c1-4-5-13-14(16-9-17-15(13)18)12-7-6-10(2)8-11(12)3/h6-9H,4-5H2,1-3H3,(H,16,17,18). The van der Waals surface area contributed by atoms with Crippen molar-refractivity contribution in [2.24, 2.45) is 0 Å². The van der Waals surface area contributed by atoms with E-state index >= 15 is 0 Å². The van der Waals surface area contributed by atoms with Crippen molar-refractivity contribution in [1.29, 1.82) is 0 Å². The predicted octanol–water partition coefficient (Wildman–Crippen LogP) is 4.38. The molecule has 0 saturated carbocycles. The van der Waals surface area contributed by atoms with Crippen LogP contribution in [-0.4, -0.2) is 9.97 Å². The molecule has 1 aromatic carbocycles. The van der Waals surface area contributed by atoms with Gasteiger partial charge < -0.3 is 4.98 Å². The molecule has 0 bridgehead atoms. The third-order valence-corrected chi connectivity index (χ3v) is 3.45. The molecule has 0 aliphatic heterocycles. The molecule has 0 unspecified atom stereocenters. The van der Waals surface area contributed by atoms with Crippen LogP contribution in [0.25, 0.3) is 11.3 Å². The fraction of sp³-hybridized carbons (Fsp3) is 0.333. The number of aromatic nitrogens is 2. The number of rotatable bonds is 3. The lowest BCUT2D eigenvalue weighted by Gasteiger charge is -2.11. The van der Waals surface area contributed by atoms with Gasteiger partial charge in [-0.2, -0.15) is 0 Å². The molecule has 2 aromatic rings. The molecule has 3 heteroatoms. The predicted molar refractivity (Wildman–Crippen MR) is 78.3 cm³/mol. The van der Waals surface area contributed by atoms with E-state index in [9.17, 15) is 0 Å². The fourth-order valence-corrected chi connectivity index (χ4v) is 2.50. The molecule has 0 spiro atoms. The first-order valence-corrected chi connectivity index (χ1v) is 6.68. The Balaban J connectivity index is 2.63. The normalized spacial score (nSPS) is 10.6. The third kappa shape index (κ3) is 2.51. The van der Waals surface area contributed by atoms with Gasteiger partial charge in [-0.15, -0.1) is 0 Å². The van der Waals surface area contributed by atoms with Gasteiger partial charge in [0.15, 0.2) is 0 Å². The SMILES string of the molecule is CCCc1c(-c2ccc(C)cc2C)[nH]cnc1=S. The zero-order valence-corrected chi connectivity index (χ0v) is 11.9. The number of H-pyrrole nitrogens is 1. The molecule has 2 nitrogen and oxygen atoms in total. The lowest BCUT2D eigenvalue weighted by Crippen LogP contribution is -1.98. The van der Waals surface area contributed by atoms with Gasteiger partial charge in [-0.25, -0.2) is 4.98 Å². The Bertz CT molecular complexity index is 614. The number of nitrogens with zero attached hydrogens (tertiary/aromatic N) is 1. The Morgan fingerprint density at radius 1 is 1.28 bits per heavy atom. The number of nitrogens with one attached hydrogen (secondary N) is 1. The molecule has 0 radical (unpaired) electrons. The largest absolute Gasteiger partial charge is 0.346 e. The first-order valence-electron chi connectivity index (χ1n) is 6.27. The van der Waals surface area contributed by atoms with E-state index in [1.165, 1.54) is 16.7 Å². The molecule has 0 amide bonds. The molecule has 0 aliphatic rings. The van der Waals surface area contributed by atoms with E-state index in [1.54, 1.807) is 6.33 Å². The zero-order chi connectivity index (χ0) is 13.1. The van der Waals surface area contributed by atoms with Gasteiger partial charge in [0.25, 0.3) is 0 Å².